The van der Waals surface area contributed by atoms with Gasteiger partial charge in [-0.25, -0.2) is 0 Å². The zero-order chi connectivity index (χ0) is 19.9. The number of amides is 1. The van der Waals surface area contributed by atoms with Crippen molar-refractivity contribution in [2.24, 2.45) is 5.92 Å². The van der Waals surface area contributed by atoms with Gasteiger partial charge in [0.05, 0.1) is 19.1 Å². The Labute approximate surface area is 168 Å². The minimum atomic E-state index is -0.163. The maximum atomic E-state index is 12.7. The average molecular weight is 388 g/mol. The normalized spacial score (nSPS) is 21.5. The Balaban J connectivity index is 1.42. The van der Waals surface area contributed by atoms with Gasteiger partial charge in [0, 0.05) is 45.8 Å². The van der Waals surface area contributed by atoms with E-state index in [2.05, 4.69) is 41.0 Å². The van der Waals surface area contributed by atoms with Gasteiger partial charge in [0.25, 0.3) is 0 Å². The SMILES string of the molecule is CCOC(=O)C1CCCN(C(=O)CN2CCN(Cc3cccc(C)c3)CC2)C1. The highest BCUT2D eigenvalue weighted by molar-refractivity contribution is 5.80. The maximum absolute atomic E-state index is 12.7. The highest BCUT2D eigenvalue weighted by Crippen LogP contribution is 2.18. The summed E-state index contributed by atoms with van der Waals surface area (Å²) in [4.78, 5) is 31.3. The lowest BCUT2D eigenvalue weighted by Gasteiger charge is -2.37. The molecule has 6 nitrogen and oxygen atoms in total. The van der Waals surface area contributed by atoms with Gasteiger partial charge < -0.3 is 9.64 Å². The van der Waals surface area contributed by atoms with Crippen molar-refractivity contribution < 1.29 is 14.3 Å². The minimum absolute atomic E-state index is 0.140. The van der Waals surface area contributed by atoms with E-state index in [1.54, 1.807) is 0 Å². The van der Waals surface area contributed by atoms with E-state index in [4.69, 9.17) is 4.74 Å². The molecule has 2 aliphatic heterocycles. The first-order valence-corrected chi connectivity index (χ1v) is 10.5. The second-order valence-corrected chi connectivity index (χ2v) is 7.97. The number of aryl methyl sites for hydroxylation is 1. The maximum Gasteiger partial charge on any atom is 0.310 e. The van der Waals surface area contributed by atoms with Gasteiger partial charge in [-0.2, -0.15) is 0 Å². The number of carbonyl (C=O) groups excluding carboxylic acids is 2. The van der Waals surface area contributed by atoms with E-state index in [-0.39, 0.29) is 17.8 Å². The van der Waals surface area contributed by atoms with Crippen molar-refractivity contribution in [1.82, 2.24) is 14.7 Å². The molecule has 1 aromatic carbocycles. The van der Waals surface area contributed by atoms with Crippen molar-refractivity contribution in [3.8, 4) is 0 Å². The Hall–Kier alpha value is -1.92. The topological polar surface area (TPSA) is 53.1 Å². The van der Waals surface area contributed by atoms with Crippen LogP contribution in [0.4, 0.5) is 0 Å². The van der Waals surface area contributed by atoms with Gasteiger partial charge >= 0.3 is 5.97 Å². The number of ether oxygens (including phenoxy) is 1. The number of piperazine rings is 1. The summed E-state index contributed by atoms with van der Waals surface area (Å²) in [5.41, 5.74) is 2.65. The fourth-order valence-electron chi connectivity index (χ4n) is 4.12. The number of carbonyl (C=O) groups is 2. The van der Waals surface area contributed by atoms with Crippen LogP contribution in [0.2, 0.25) is 0 Å². The summed E-state index contributed by atoms with van der Waals surface area (Å²) in [6.07, 6.45) is 1.69. The molecule has 1 atom stereocenters. The fraction of sp³-hybridized carbons (Fsp3) is 0.636. The van der Waals surface area contributed by atoms with Crippen molar-refractivity contribution in [1.29, 1.82) is 0 Å². The molecule has 0 aromatic heterocycles. The molecule has 0 radical (unpaired) electrons. The quantitative estimate of drug-likeness (QED) is 0.698. The molecule has 154 valence electrons. The molecule has 1 aromatic rings. The van der Waals surface area contributed by atoms with E-state index in [9.17, 15) is 9.59 Å². The minimum Gasteiger partial charge on any atom is -0.466 e. The number of esters is 1. The van der Waals surface area contributed by atoms with E-state index in [0.717, 1.165) is 52.1 Å². The number of hydrogen-bond donors (Lipinski definition) is 0. The second-order valence-electron chi connectivity index (χ2n) is 7.97. The molecule has 6 heteroatoms. The summed E-state index contributed by atoms with van der Waals surface area (Å²) >= 11 is 0. The number of likely N-dealkylation sites (tertiary alicyclic amines) is 1. The molecule has 0 bridgehead atoms. The Morgan fingerprint density at radius 3 is 2.57 bits per heavy atom. The zero-order valence-corrected chi connectivity index (χ0v) is 17.2. The van der Waals surface area contributed by atoms with Gasteiger partial charge in [-0.05, 0) is 32.3 Å². The predicted molar refractivity (Wildman–Crippen MR) is 109 cm³/mol. The van der Waals surface area contributed by atoms with Crippen molar-refractivity contribution in [2.45, 2.75) is 33.2 Å². The monoisotopic (exact) mass is 387 g/mol. The molecule has 0 saturated carbocycles. The Kier molecular flexibility index (Phi) is 7.45. The predicted octanol–water partition coefficient (Wildman–Crippen LogP) is 1.91. The summed E-state index contributed by atoms with van der Waals surface area (Å²) in [7, 11) is 0. The van der Waals surface area contributed by atoms with Crippen LogP contribution in [-0.2, 0) is 20.9 Å². The van der Waals surface area contributed by atoms with E-state index in [1.165, 1.54) is 11.1 Å². The molecule has 1 unspecified atom stereocenters. The standard InChI is InChI=1S/C22H33N3O3/c1-3-28-22(27)20-8-5-9-25(16-20)21(26)17-24-12-10-23(11-13-24)15-19-7-4-6-18(2)14-19/h4,6-7,14,20H,3,5,8-13,15-17H2,1-2H3. The summed E-state index contributed by atoms with van der Waals surface area (Å²) in [6.45, 7) is 10.8. The molecule has 0 spiro atoms. The van der Waals surface area contributed by atoms with E-state index in [0.29, 0.717) is 19.7 Å². The number of rotatable bonds is 6. The van der Waals surface area contributed by atoms with Crippen LogP contribution >= 0.6 is 0 Å². The molecular formula is C22H33N3O3. The average Bonchev–Trinajstić information content (AvgIpc) is 2.70. The highest BCUT2D eigenvalue weighted by Gasteiger charge is 2.30. The zero-order valence-electron chi connectivity index (χ0n) is 17.2. The lowest BCUT2D eigenvalue weighted by Crippen LogP contribution is -2.51. The van der Waals surface area contributed by atoms with Gasteiger partial charge in [-0.15, -0.1) is 0 Å². The Morgan fingerprint density at radius 2 is 1.86 bits per heavy atom. The molecule has 3 rings (SSSR count). The first-order chi connectivity index (χ1) is 13.5. The number of piperidine rings is 1. The molecular weight excluding hydrogens is 354 g/mol. The van der Waals surface area contributed by atoms with Crippen molar-refractivity contribution in [3.05, 3.63) is 35.4 Å². The fourth-order valence-corrected chi connectivity index (χ4v) is 4.12. The summed E-state index contributed by atoms with van der Waals surface area (Å²) in [5.74, 6) is -0.185. The second kappa shape index (κ2) is 10.0. The first kappa shape index (κ1) is 20.8. The van der Waals surface area contributed by atoms with Crippen molar-refractivity contribution in [2.75, 3.05) is 52.4 Å². The molecule has 2 heterocycles. The molecule has 0 aliphatic carbocycles. The van der Waals surface area contributed by atoms with Crippen LogP contribution in [0.1, 0.15) is 30.9 Å². The van der Waals surface area contributed by atoms with E-state index in [1.807, 2.05) is 11.8 Å². The van der Waals surface area contributed by atoms with Crippen LogP contribution in [-0.4, -0.2) is 79.0 Å². The highest BCUT2D eigenvalue weighted by atomic mass is 16.5. The number of nitrogens with zero attached hydrogens (tertiary/aromatic N) is 3. The summed E-state index contributed by atoms with van der Waals surface area (Å²) in [5, 5.41) is 0. The summed E-state index contributed by atoms with van der Waals surface area (Å²) in [6, 6.07) is 8.66. The van der Waals surface area contributed by atoms with Gasteiger partial charge in [-0.1, -0.05) is 29.8 Å². The van der Waals surface area contributed by atoms with Crippen LogP contribution < -0.4 is 0 Å². The Bertz CT molecular complexity index is 671. The molecule has 1 amide bonds. The lowest BCUT2D eigenvalue weighted by molar-refractivity contribution is -0.151. The molecule has 2 fully saturated rings. The third-order valence-electron chi connectivity index (χ3n) is 5.71. The Morgan fingerprint density at radius 1 is 1.11 bits per heavy atom. The molecule has 28 heavy (non-hydrogen) atoms. The van der Waals surface area contributed by atoms with Crippen LogP contribution in [0.3, 0.4) is 0 Å². The van der Waals surface area contributed by atoms with Gasteiger partial charge in [0.15, 0.2) is 0 Å². The van der Waals surface area contributed by atoms with E-state index >= 15 is 0 Å². The third kappa shape index (κ3) is 5.79. The van der Waals surface area contributed by atoms with Crippen molar-refractivity contribution >= 4 is 11.9 Å². The molecule has 2 saturated heterocycles. The lowest BCUT2D eigenvalue weighted by atomic mass is 9.98. The number of benzene rings is 1. The number of hydrogen-bond acceptors (Lipinski definition) is 5. The van der Waals surface area contributed by atoms with E-state index < -0.39 is 0 Å². The van der Waals surface area contributed by atoms with Crippen LogP contribution in [0.15, 0.2) is 24.3 Å². The summed E-state index contributed by atoms with van der Waals surface area (Å²) < 4.78 is 5.13. The smallest absolute Gasteiger partial charge is 0.310 e. The third-order valence-corrected chi connectivity index (χ3v) is 5.71. The van der Waals surface area contributed by atoms with Crippen LogP contribution in [0.5, 0.6) is 0 Å². The molecule has 0 N–H and O–H groups in total. The van der Waals surface area contributed by atoms with Crippen molar-refractivity contribution in [3.63, 3.8) is 0 Å². The first-order valence-electron chi connectivity index (χ1n) is 10.5. The largest absolute Gasteiger partial charge is 0.466 e. The van der Waals surface area contributed by atoms with Crippen LogP contribution in [0.25, 0.3) is 0 Å². The van der Waals surface area contributed by atoms with Gasteiger partial charge in [-0.3, -0.25) is 19.4 Å². The van der Waals surface area contributed by atoms with Crippen LogP contribution in [0, 0.1) is 12.8 Å². The molecule has 2 aliphatic rings. The van der Waals surface area contributed by atoms with Gasteiger partial charge in [0.1, 0.15) is 0 Å². The van der Waals surface area contributed by atoms with Gasteiger partial charge in [0.2, 0.25) is 5.91 Å².